The topological polar surface area (TPSA) is 149 Å². The highest BCUT2D eigenvalue weighted by Crippen LogP contribution is 2.41. The van der Waals surface area contributed by atoms with Crippen LogP contribution in [0.4, 0.5) is 5.69 Å². The van der Waals surface area contributed by atoms with Crippen LogP contribution in [0.5, 0.6) is 0 Å². The molecule has 240 valence electrons. The lowest BCUT2D eigenvalue weighted by atomic mass is 9.86. The fraction of sp³-hybridized carbons (Fsp3) is 0.529. The van der Waals surface area contributed by atoms with Gasteiger partial charge in [-0.3, -0.25) is 9.59 Å². The zero-order chi connectivity index (χ0) is 31.7. The number of fused-ring (bicyclic) bond motifs is 5. The molecule has 4 N–H and O–H groups in total. The van der Waals surface area contributed by atoms with Crippen molar-refractivity contribution >= 4 is 17.4 Å². The van der Waals surface area contributed by atoms with Crippen molar-refractivity contribution in [3.05, 3.63) is 54.1 Å². The van der Waals surface area contributed by atoms with Crippen molar-refractivity contribution in [2.75, 3.05) is 4.90 Å². The third-order valence-electron chi connectivity index (χ3n) is 7.81. The summed E-state index contributed by atoms with van der Waals surface area (Å²) >= 11 is 0. The van der Waals surface area contributed by atoms with E-state index in [4.69, 9.17) is 0 Å². The predicted molar refractivity (Wildman–Crippen MR) is 171 cm³/mol. The largest absolute Gasteiger partial charge is 0.390 e. The van der Waals surface area contributed by atoms with E-state index in [2.05, 4.69) is 10.3 Å². The molecule has 1 aliphatic rings. The van der Waals surface area contributed by atoms with Crippen molar-refractivity contribution in [3.8, 4) is 22.5 Å². The Morgan fingerprint density at radius 1 is 0.841 bits per heavy atom. The van der Waals surface area contributed by atoms with Gasteiger partial charge in [0.2, 0.25) is 5.91 Å². The highest BCUT2D eigenvalue weighted by molar-refractivity contribution is 6.01. The molecule has 0 aliphatic carbocycles. The maximum atomic E-state index is 13.6. The molecule has 10 nitrogen and oxygen atoms in total. The monoisotopic (exact) mass is 608 g/mol. The first-order valence-electron chi connectivity index (χ1n) is 14.8. The number of Topliss-reactive ketones (excluding diaryl/α,β-unsaturated/α-hetero) is 1. The molecule has 0 saturated heterocycles. The van der Waals surface area contributed by atoms with Crippen molar-refractivity contribution in [2.45, 2.75) is 106 Å². The number of ketones is 1. The normalized spacial score (nSPS) is 15.8. The van der Waals surface area contributed by atoms with Gasteiger partial charge in [-0.2, -0.15) is 0 Å². The minimum Gasteiger partial charge on any atom is -0.390 e. The zero-order valence-corrected chi connectivity index (χ0v) is 25.9. The number of carbonyl (C=O) groups excluding carboxylic acids is 2. The van der Waals surface area contributed by atoms with Crippen LogP contribution >= 0.6 is 0 Å². The van der Waals surface area contributed by atoms with Crippen molar-refractivity contribution in [2.24, 2.45) is 10.8 Å². The first kappa shape index (κ1) is 35.0. The van der Waals surface area contributed by atoms with Crippen LogP contribution in [0.2, 0.25) is 0 Å². The second-order valence-electron chi connectivity index (χ2n) is 13.7. The Bertz CT molecular complexity index is 1450. The molecule has 1 amide bonds. The number of rotatable bonds is 9. The molecular formula is C34H48N4O6. The average molecular weight is 609 g/mol. The van der Waals surface area contributed by atoms with Crippen LogP contribution in [0.3, 0.4) is 0 Å². The average Bonchev–Trinajstić information content (AvgIpc) is 3.33. The van der Waals surface area contributed by atoms with Crippen molar-refractivity contribution in [1.82, 2.24) is 15.0 Å². The molecule has 2 aromatic carbocycles. The standard InChI is InChI=1S/C33H44N4O6.CH4/c1-32(2,3)17-24(38)30(42)31(43)25(39)19-37-29-21-12-8-7-11-20(21)18-36(27(41)16-15-26(40)33(4,5)6)23-14-10-9-13-22(23)28(29)34-35-37;/h7-14,24-25,30-31,38-39,42-43H,15-19H2,1-6H3;1H4. The molecule has 0 saturated carbocycles. The predicted octanol–water partition coefficient (Wildman–Crippen LogP) is 4.37. The highest BCUT2D eigenvalue weighted by atomic mass is 16.4. The van der Waals surface area contributed by atoms with Gasteiger partial charge in [0, 0.05) is 29.4 Å². The molecular weight excluding hydrogens is 560 g/mol. The summed E-state index contributed by atoms with van der Waals surface area (Å²) in [5, 5.41) is 51.6. The molecule has 4 rings (SSSR count). The first-order valence-corrected chi connectivity index (χ1v) is 14.8. The van der Waals surface area contributed by atoms with Gasteiger partial charge in [-0.15, -0.1) is 5.10 Å². The highest BCUT2D eigenvalue weighted by Gasteiger charge is 2.35. The third kappa shape index (κ3) is 7.79. The molecule has 0 spiro atoms. The van der Waals surface area contributed by atoms with Crippen LogP contribution in [0.15, 0.2) is 48.5 Å². The molecule has 0 fully saturated rings. The third-order valence-corrected chi connectivity index (χ3v) is 7.81. The number of aromatic nitrogens is 3. The van der Waals surface area contributed by atoms with E-state index < -0.39 is 29.8 Å². The fourth-order valence-corrected chi connectivity index (χ4v) is 5.38. The van der Waals surface area contributed by atoms with E-state index in [1.54, 1.807) is 4.90 Å². The summed E-state index contributed by atoms with van der Waals surface area (Å²) in [6, 6.07) is 14.9. The number of carbonyl (C=O) groups is 2. The van der Waals surface area contributed by atoms with E-state index in [9.17, 15) is 30.0 Å². The van der Waals surface area contributed by atoms with E-state index in [1.807, 2.05) is 90.1 Å². The molecule has 1 aromatic heterocycles. The maximum absolute atomic E-state index is 13.6. The van der Waals surface area contributed by atoms with Crippen molar-refractivity contribution in [3.63, 3.8) is 0 Å². The van der Waals surface area contributed by atoms with E-state index in [0.29, 0.717) is 22.6 Å². The number of nitrogens with zero attached hydrogens (tertiary/aromatic N) is 4. The summed E-state index contributed by atoms with van der Waals surface area (Å²) in [6.07, 6.45) is -5.42. The van der Waals surface area contributed by atoms with E-state index in [1.165, 1.54) is 4.68 Å². The van der Waals surface area contributed by atoms with Gasteiger partial charge in [-0.25, -0.2) is 4.68 Å². The van der Waals surface area contributed by atoms with Gasteiger partial charge in [0.05, 0.1) is 30.6 Å². The van der Waals surface area contributed by atoms with Crippen molar-refractivity contribution < 1.29 is 30.0 Å². The summed E-state index contributed by atoms with van der Waals surface area (Å²) in [5.41, 5.74) is 3.09. The summed E-state index contributed by atoms with van der Waals surface area (Å²) in [5.74, 6) is -0.166. The van der Waals surface area contributed by atoms with Gasteiger partial charge in [0.25, 0.3) is 0 Å². The quantitative estimate of drug-likeness (QED) is 0.280. The first-order chi connectivity index (χ1) is 20.1. The Balaban J connectivity index is 0.00000529. The van der Waals surface area contributed by atoms with Gasteiger partial charge in [0.15, 0.2) is 0 Å². The number of amides is 1. The second kappa shape index (κ2) is 13.7. The minimum atomic E-state index is -1.63. The van der Waals surface area contributed by atoms with Crippen LogP contribution in [0.25, 0.3) is 22.5 Å². The van der Waals surface area contributed by atoms with E-state index >= 15 is 0 Å². The second-order valence-corrected chi connectivity index (χ2v) is 13.7. The molecule has 1 aliphatic heterocycles. The Morgan fingerprint density at radius 3 is 2.07 bits per heavy atom. The van der Waals surface area contributed by atoms with Gasteiger partial charge >= 0.3 is 0 Å². The molecule has 0 radical (unpaired) electrons. The van der Waals surface area contributed by atoms with Crippen LogP contribution < -0.4 is 4.90 Å². The molecule has 2 heterocycles. The Morgan fingerprint density at radius 2 is 1.43 bits per heavy atom. The summed E-state index contributed by atoms with van der Waals surface area (Å²) < 4.78 is 1.49. The van der Waals surface area contributed by atoms with E-state index in [-0.39, 0.29) is 56.9 Å². The number of hydrogen-bond donors (Lipinski definition) is 4. The number of aliphatic hydroxyl groups is 4. The summed E-state index contributed by atoms with van der Waals surface area (Å²) in [6.45, 7) is 11.3. The van der Waals surface area contributed by atoms with Crippen LogP contribution in [-0.4, -0.2) is 71.5 Å². The number of para-hydroxylation sites is 1. The lowest BCUT2D eigenvalue weighted by molar-refractivity contribution is -0.129. The smallest absolute Gasteiger partial charge is 0.227 e. The Labute approximate surface area is 260 Å². The van der Waals surface area contributed by atoms with Gasteiger partial charge < -0.3 is 25.3 Å². The van der Waals surface area contributed by atoms with Crippen LogP contribution in [-0.2, 0) is 22.7 Å². The minimum absolute atomic E-state index is 0. The SMILES string of the molecule is C.CC(C)(C)CC(O)C(O)C(O)C(O)Cn1nnc2c1-c1ccccc1CN(C(=O)CCC(=O)C(C)(C)C)c1ccccc1-2. The number of anilines is 1. The molecule has 44 heavy (non-hydrogen) atoms. The maximum Gasteiger partial charge on any atom is 0.227 e. The van der Waals surface area contributed by atoms with Crippen molar-refractivity contribution in [1.29, 1.82) is 0 Å². The number of hydrogen-bond acceptors (Lipinski definition) is 8. The molecule has 0 bridgehead atoms. The van der Waals surface area contributed by atoms with E-state index in [0.717, 1.165) is 11.1 Å². The van der Waals surface area contributed by atoms with Gasteiger partial charge in [-0.1, -0.05) is 96.6 Å². The Hall–Kier alpha value is -3.44. The number of aliphatic hydroxyl groups excluding tert-OH is 4. The zero-order valence-electron chi connectivity index (χ0n) is 25.9. The molecule has 4 unspecified atom stereocenters. The van der Waals surface area contributed by atoms with Gasteiger partial charge in [-0.05, 0) is 23.5 Å². The summed E-state index contributed by atoms with van der Waals surface area (Å²) in [7, 11) is 0. The van der Waals surface area contributed by atoms with Crippen LogP contribution in [0, 0.1) is 10.8 Å². The lowest BCUT2D eigenvalue weighted by Gasteiger charge is -2.31. The molecule has 4 atom stereocenters. The van der Waals surface area contributed by atoms with Gasteiger partial charge in [0.1, 0.15) is 29.8 Å². The lowest BCUT2D eigenvalue weighted by Crippen LogP contribution is -2.47. The fourth-order valence-electron chi connectivity index (χ4n) is 5.38. The molecule has 3 aromatic rings. The van der Waals surface area contributed by atoms with Crippen LogP contribution in [0.1, 0.15) is 73.8 Å². The number of benzene rings is 2. The summed E-state index contributed by atoms with van der Waals surface area (Å²) in [4.78, 5) is 27.9. The molecule has 10 heteroatoms. The Kier molecular flexibility index (Phi) is 10.9.